The molecule has 0 rings (SSSR count). The van der Waals surface area contributed by atoms with Crippen LogP contribution in [0.15, 0.2) is 0 Å². The molecule has 0 fully saturated rings. The summed E-state index contributed by atoms with van der Waals surface area (Å²) in [4.78, 5) is 0. The van der Waals surface area contributed by atoms with Crippen molar-refractivity contribution in [3.05, 3.63) is 0 Å². The second-order valence-corrected chi connectivity index (χ2v) is 2.03. The second kappa shape index (κ2) is 16.6. The van der Waals surface area contributed by atoms with Crippen molar-refractivity contribution in [2.45, 2.75) is 6.42 Å². The molecule has 0 unspecified atom stereocenters. The summed E-state index contributed by atoms with van der Waals surface area (Å²) < 4.78 is 4.94. The van der Waals surface area contributed by atoms with Crippen molar-refractivity contribution in [1.29, 1.82) is 0 Å². The van der Waals surface area contributed by atoms with Crippen molar-refractivity contribution in [2.24, 2.45) is 0 Å². The van der Waals surface area contributed by atoms with Crippen molar-refractivity contribution >= 4 is 69.6 Å². The molecule has 48 valence electrons. The summed E-state index contributed by atoms with van der Waals surface area (Å²) >= 11 is 0. The number of rotatable bonds is 4. The zero-order valence-electron chi connectivity index (χ0n) is 5.03. The fourth-order valence-electron chi connectivity index (χ4n) is 0.393. The van der Waals surface area contributed by atoms with Crippen LogP contribution in [0.5, 0.6) is 0 Å². The molecule has 0 aliphatic rings. The first-order valence-corrected chi connectivity index (χ1v) is 3.37. The van der Waals surface area contributed by atoms with Gasteiger partial charge in [-0.25, -0.2) is 0 Å². The molecular weight excluding hydrogens is 152 g/mol. The van der Waals surface area contributed by atoms with Crippen LogP contribution in [0.1, 0.15) is 6.42 Å². The van der Waals surface area contributed by atoms with Gasteiger partial charge in [0, 0.05) is 6.61 Å². The molecule has 0 heterocycles. The number of hydrogen-bond acceptors (Lipinski definition) is 2. The quantitative estimate of drug-likeness (QED) is 0.372. The van der Waals surface area contributed by atoms with Gasteiger partial charge in [0.05, 0.1) is 0 Å². The standard InChI is InChI=1S/C4H13NOSi.2Na.2H/c1-5-3-2-4-6-7;;;;/h5H,2-4H2,1,7H3;;;;. The van der Waals surface area contributed by atoms with Crippen molar-refractivity contribution in [3.8, 4) is 0 Å². The van der Waals surface area contributed by atoms with E-state index in [1.807, 2.05) is 7.05 Å². The minimum absolute atomic E-state index is 0. The van der Waals surface area contributed by atoms with Gasteiger partial charge in [0.25, 0.3) is 0 Å². The van der Waals surface area contributed by atoms with Gasteiger partial charge < -0.3 is 9.74 Å². The molecule has 0 spiro atoms. The van der Waals surface area contributed by atoms with Crippen LogP contribution in [-0.2, 0) is 4.43 Å². The molecule has 2 nitrogen and oxygen atoms in total. The van der Waals surface area contributed by atoms with Gasteiger partial charge in [-0.1, -0.05) is 0 Å². The predicted molar refractivity (Wildman–Crippen MR) is 48.7 cm³/mol. The van der Waals surface area contributed by atoms with Gasteiger partial charge in [-0.05, 0) is 20.0 Å². The summed E-state index contributed by atoms with van der Waals surface area (Å²) in [5, 5.41) is 3.04. The third kappa shape index (κ3) is 17.8. The number of nitrogens with one attached hydrogen (secondary N) is 1. The first-order chi connectivity index (χ1) is 3.41. The van der Waals surface area contributed by atoms with Crippen LogP contribution < -0.4 is 5.32 Å². The molecule has 0 saturated carbocycles. The van der Waals surface area contributed by atoms with Gasteiger partial charge in [-0.3, -0.25) is 0 Å². The van der Waals surface area contributed by atoms with Gasteiger partial charge in [-0.15, -0.1) is 0 Å². The minimum atomic E-state index is 0. The average Bonchev–Trinajstić information content (AvgIpc) is 1.69. The zero-order chi connectivity index (χ0) is 5.54. The molecule has 0 bridgehead atoms. The second-order valence-electron chi connectivity index (χ2n) is 1.45. The van der Waals surface area contributed by atoms with E-state index < -0.39 is 0 Å². The molecule has 0 saturated heterocycles. The first-order valence-electron chi connectivity index (χ1n) is 2.55. The Hall–Kier alpha value is 2.14. The Balaban J connectivity index is -0.000000180. The maximum absolute atomic E-state index is 4.94. The van der Waals surface area contributed by atoms with Crippen LogP contribution in [0.25, 0.3) is 0 Å². The Morgan fingerprint density at radius 2 is 2.00 bits per heavy atom. The first kappa shape index (κ1) is 17.3. The Morgan fingerprint density at radius 1 is 1.44 bits per heavy atom. The van der Waals surface area contributed by atoms with E-state index >= 15 is 0 Å². The van der Waals surface area contributed by atoms with Gasteiger partial charge in [0.1, 0.15) is 10.5 Å². The molecule has 1 N–H and O–H groups in total. The molecule has 9 heavy (non-hydrogen) atoms. The van der Waals surface area contributed by atoms with Crippen molar-refractivity contribution in [1.82, 2.24) is 5.32 Å². The van der Waals surface area contributed by atoms with E-state index in [1.54, 1.807) is 0 Å². The molecule has 0 radical (unpaired) electrons. The third-order valence-corrected chi connectivity index (χ3v) is 1.18. The Kier molecular flexibility index (Phi) is 31.9. The van der Waals surface area contributed by atoms with Crippen LogP contribution in [0.4, 0.5) is 0 Å². The molecule has 0 atom stereocenters. The summed E-state index contributed by atoms with van der Waals surface area (Å²) in [7, 11) is 2.83. The van der Waals surface area contributed by atoms with Crippen LogP contribution in [0.2, 0.25) is 0 Å². The van der Waals surface area contributed by atoms with Gasteiger partial charge in [0.15, 0.2) is 0 Å². The summed E-state index contributed by atoms with van der Waals surface area (Å²) in [6, 6.07) is 0. The van der Waals surface area contributed by atoms with E-state index in [1.165, 1.54) is 0 Å². The van der Waals surface area contributed by atoms with E-state index in [4.69, 9.17) is 4.43 Å². The molecule has 5 heteroatoms. The van der Waals surface area contributed by atoms with E-state index in [0.29, 0.717) is 0 Å². The third-order valence-electron chi connectivity index (χ3n) is 0.775. The molecule has 0 aliphatic carbocycles. The van der Waals surface area contributed by atoms with Crippen LogP contribution in [-0.4, -0.2) is 89.8 Å². The maximum atomic E-state index is 4.94. The Bertz CT molecular complexity index is 37.7. The van der Waals surface area contributed by atoms with E-state index in [9.17, 15) is 0 Å². The van der Waals surface area contributed by atoms with Gasteiger partial charge >= 0.3 is 59.1 Å². The Labute approximate surface area is 105 Å². The summed E-state index contributed by atoms with van der Waals surface area (Å²) in [6.07, 6.45) is 1.14. The van der Waals surface area contributed by atoms with E-state index in [2.05, 4.69) is 5.32 Å². The topological polar surface area (TPSA) is 21.3 Å². The van der Waals surface area contributed by atoms with Gasteiger partial charge in [0.2, 0.25) is 0 Å². The average molecular weight is 167 g/mol. The van der Waals surface area contributed by atoms with Crippen LogP contribution in [0.3, 0.4) is 0 Å². The molecule has 0 amide bonds. The van der Waals surface area contributed by atoms with Crippen LogP contribution >= 0.6 is 0 Å². The van der Waals surface area contributed by atoms with Gasteiger partial charge in [-0.2, -0.15) is 0 Å². The SMILES string of the molecule is CNCCCO[SiH3].[NaH].[NaH]. The summed E-state index contributed by atoms with van der Waals surface area (Å²) in [5.41, 5.74) is 0. The fourth-order valence-corrected chi connectivity index (χ4v) is 0.682. The summed E-state index contributed by atoms with van der Waals surface area (Å²) in [5.74, 6) is 0. The zero-order valence-corrected chi connectivity index (χ0v) is 7.03. The van der Waals surface area contributed by atoms with E-state index in [-0.39, 0.29) is 59.1 Å². The molecular formula is C4H15NNa2OSi. The summed E-state index contributed by atoms with van der Waals surface area (Å²) in [6.45, 7) is 2.00. The van der Waals surface area contributed by atoms with Crippen LogP contribution in [0, 0.1) is 0 Å². The van der Waals surface area contributed by atoms with Crippen molar-refractivity contribution in [2.75, 3.05) is 20.2 Å². The Morgan fingerprint density at radius 3 is 2.33 bits per heavy atom. The normalized spacial score (nSPS) is 7.67. The van der Waals surface area contributed by atoms with Crippen molar-refractivity contribution in [3.63, 3.8) is 0 Å². The predicted octanol–water partition coefficient (Wildman–Crippen LogP) is -2.40. The molecule has 0 aromatic rings. The monoisotopic (exact) mass is 167 g/mol. The molecule has 0 aromatic heterocycles. The molecule has 0 aliphatic heterocycles. The number of hydrogen-bond donors (Lipinski definition) is 1. The fraction of sp³-hybridized carbons (Fsp3) is 1.00. The molecule has 0 aromatic carbocycles. The van der Waals surface area contributed by atoms with Crippen molar-refractivity contribution < 1.29 is 4.43 Å². The van der Waals surface area contributed by atoms with E-state index in [0.717, 1.165) is 30.1 Å².